The van der Waals surface area contributed by atoms with E-state index in [1.165, 1.54) is 24.2 Å². The highest BCUT2D eigenvalue weighted by molar-refractivity contribution is 7.13. The van der Waals surface area contributed by atoms with Crippen LogP contribution >= 0.6 is 11.3 Å². The molecule has 0 atom stereocenters. The quantitative estimate of drug-likeness (QED) is 0.794. The minimum Gasteiger partial charge on any atom is -0.477 e. The van der Waals surface area contributed by atoms with Gasteiger partial charge in [0.2, 0.25) is 0 Å². The zero-order chi connectivity index (χ0) is 11.5. The van der Waals surface area contributed by atoms with Crippen LogP contribution in [0.2, 0.25) is 0 Å². The van der Waals surface area contributed by atoms with Gasteiger partial charge in [0.25, 0.3) is 0 Å². The third-order valence-electron chi connectivity index (χ3n) is 2.62. The summed E-state index contributed by atoms with van der Waals surface area (Å²) in [6.45, 7) is 2.84. The van der Waals surface area contributed by atoms with Gasteiger partial charge < -0.3 is 10.4 Å². The number of aryl methyl sites for hydroxylation is 1. The van der Waals surface area contributed by atoms with E-state index in [0.29, 0.717) is 17.3 Å². The number of thiazole rings is 1. The van der Waals surface area contributed by atoms with E-state index in [1.807, 2.05) is 6.92 Å². The van der Waals surface area contributed by atoms with Gasteiger partial charge in [-0.1, -0.05) is 6.92 Å². The van der Waals surface area contributed by atoms with Crippen molar-refractivity contribution in [2.45, 2.75) is 38.6 Å². The molecule has 0 saturated heterocycles. The van der Waals surface area contributed by atoms with Gasteiger partial charge in [-0.15, -0.1) is 11.3 Å². The summed E-state index contributed by atoms with van der Waals surface area (Å²) in [5, 5.41) is 13.3. The molecule has 0 aromatic carbocycles. The second-order valence-corrected chi connectivity index (χ2v) is 5.10. The summed E-state index contributed by atoms with van der Waals surface area (Å²) in [6, 6.07) is 0.699. The van der Waals surface area contributed by atoms with E-state index >= 15 is 0 Å². The maximum Gasteiger partial charge on any atom is 0.347 e. The van der Waals surface area contributed by atoms with Gasteiger partial charge in [0.1, 0.15) is 4.88 Å². The van der Waals surface area contributed by atoms with Crippen molar-refractivity contribution in [3.05, 3.63) is 15.6 Å². The molecule has 1 heterocycles. The Balaban J connectivity index is 1.94. The molecular weight excluding hydrogens is 224 g/mol. The van der Waals surface area contributed by atoms with Gasteiger partial charge in [0.15, 0.2) is 0 Å². The fraction of sp³-hybridized carbons (Fsp3) is 0.636. The van der Waals surface area contributed by atoms with Crippen molar-refractivity contribution in [1.82, 2.24) is 10.3 Å². The maximum absolute atomic E-state index is 10.9. The number of carboxylic acids is 1. The summed E-state index contributed by atoms with van der Waals surface area (Å²) in [5.74, 6) is -0.851. The summed E-state index contributed by atoms with van der Waals surface area (Å²) < 4.78 is 0. The van der Waals surface area contributed by atoms with Crippen LogP contribution in [0.5, 0.6) is 0 Å². The third-order valence-corrected chi connectivity index (χ3v) is 3.77. The van der Waals surface area contributed by atoms with Crippen molar-refractivity contribution in [3.8, 4) is 0 Å². The average molecular weight is 240 g/mol. The van der Waals surface area contributed by atoms with Gasteiger partial charge in [-0.25, -0.2) is 9.78 Å². The molecule has 16 heavy (non-hydrogen) atoms. The topological polar surface area (TPSA) is 62.2 Å². The van der Waals surface area contributed by atoms with Crippen LogP contribution in [0.15, 0.2) is 0 Å². The highest BCUT2D eigenvalue weighted by atomic mass is 32.1. The summed E-state index contributed by atoms with van der Waals surface area (Å²) in [6.07, 6.45) is 4.08. The first-order valence-electron chi connectivity index (χ1n) is 5.66. The SMILES string of the molecule is CCc1nc(CCNC2CC2)sc1C(=O)O. The molecule has 1 aliphatic carbocycles. The molecule has 0 amide bonds. The number of hydrogen-bond acceptors (Lipinski definition) is 4. The molecular formula is C11H16N2O2S. The standard InChI is InChI=1S/C11H16N2O2S/c1-2-8-10(11(14)15)16-9(13-8)5-6-12-7-3-4-7/h7,12H,2-6H2,1H3,(H,14,15). The molecule has 0 spiro atoms. The predicted octanol–water partition coefficient (Wildman–Crippen LogP) is 1.70. The van der Waals surface area contributed by atoms with Gasteiger partial charge in [-0.05, 0) is 19.3 Å². The Labute approximate surface area is 98.7 Å². The van der Waals surface area contributed by atoms with E-state index in [4.69, 9.17) is 5.11 Å². The number of carbonyl (C=O) groups is 1. The molecule has 5 heteroatoms. The number of nitrogens with zero attached hydrogens (tertiary/aromatic N) is 1. The Morgan fingerprint density at radius 1 is 1.62 bits per heavy atom. The Morgan fingerprint density at radius 3 is 2.88 bits per heavy atom. The fourth-order valence-electron chi connectivity index (χ4n) is 1.59. The second kappa shape index (κ2) is 4.93. The average Bonchev–Trinajstić information content (AvgIpc) is 2.96. The Hall–Kier alpha value is -0.940. The van der Waals surface area contributed by atoms with Crippen molar-refractivity contribution in [2.24, 2.45) is 0 Å². The summed E-state index contributed by atoms with van der Waals surface area (Å²) in [7, 11) is 0. The first-order chi connectivity index (χ1) is 7.70. The molecule has 1 aliphatic rings. The number of carboxylic acid groups (broad SMARTS) is 1. The third kappa shape index (κ3) is 2.80. The smallest absolute Gasteiger partial charge is 0.347 e. The van der Waals surface area contributed by atoms with Gasteiger partial charge in [0, 0.05) is 19.0 Å². The molecule has 88 valence electrons. The lowest BCUT2D eigenvalue weighted by Gasteiger charge is -1.98. The normalized spacial score (nSPS) is 15.3. The number of rotatable bonds is 6. The number of aromatic carboxylic acids is 1. The summed E-state index contributed by atoms with van der Waals surface area (Å²) in [5.41, 5.74) is 0.721. The highest BCUT2D eigenvalue weighted by Crippen LogP contribution is 2.21. The van der Waals surface area contributed by atoms with E-state index in [-0.39, 0.29) is 0 Å². The molecule has 2 N–H and O–H groups in total. The molecule has 0 bridgehead atoms. The van der Waals surface area contributed by atoms with Crippen LogP contribution in [0.3, 0.4) is 0 Å². The Morgan fingerprint density at radius 2 is 2.38 bits per heavy atom. The fourth-order valence-corrected chi connectivity index (χ4v) is 2.58. The van der Waals surface area contributed by atoms with Crippen molar-refractivity contribution in [2.75, 3.05) is 6.54 Å². The first kappa shape index (κ1) is 11.5. The predicted molar refractivity (Wildman–Crippen MR) is 63.2 cm³/mol. The zero-order valence-corrected chi connectivity index (χ0v) is 10.1. The van der Waals surface area contributed by atoms with E-state index < -0.39 is 5.97 Å². The molecule has 1 aromatic rings. The molecule has 0 radical (unpaired) electrons. The lowest BCUT2D eigenvalue weighted by atomic mass is 10.3. The van der Waals surface area contributed by atoms with E-state index in [1.54, 1.807) is 0 Å². The molecule has 1 saturated carbocycles. The largest absolute Gasteiger partial charge is 0.477 e. The first-order valence-corrected chi connectivity index (χ1v) is 6.47. The Kier molecular flexibility index (Phi) is 3.56. The molecule has 1 fully saturated rings. The minimum atomic E-state index is -0.851. The van der Waals surface area contributed by atoms with Gasteiger partial charge in [0.05, 0.1) is 10.7 Å². The molecule has 0 unspecified atom stereocenters. The van der Waals surface area contributed by atoms with Crippen molar-refractivity contribution in [1.29, 1.82) is 0 Å². The van der Waals surface area contributed by atoms with E-state index in [2.05, 4.69) is 10.3 Å². The monoisotopic (exact) mass is 240 g/mol. The number of hydrogen-bond donors (Lipinski definition) is 2. The summed E-state index contributed by atoms with van der Waals surface area (Å²) in [4.78, 5) is 15.7. The number of aromatic nitrogens is 1. The van der Waals surface area contributed by atoms with Crippen molar-refractivity contribution in [3.63, 3.8) is 0 Å². The van der Waals surface area contributed by atoms with Crippen LogP contribution in [0.4, 0.5) is 0 Å². The molecule has 1 aromatic heterocycles. The lowest BCUT2D eigenvalue weighted by Crippen LogP contribution is -2.19. The van der Waals surface area contributed by atoms with Crippen molar-refractivity contribution >= 4 is 17.3 Å². The van der Waals surface area contributed by atoms with Crippen LogP contribution in [0.25, 0.3) is 0 Å². The van der Waals surface area contributed by atoms with Crippen molar-refractivity contribution < 1.29 is 9.90 Å². The number of nitrogens with one attached hydrogen (secondary N) is 1. The highest BCUT2D eigenvalue weighted by Gasteiger charge is 2.20. The minimum absolute atomic E-state index is 0.406. The van der Waals surface area contributed by atoms with Crippen LogP contribution in [-0.2, 0) is 12.8 Å². The lowest BCUT2D eigenvalue weighted by molar-refractivity contribution is 0.0701. The zero-order valence-electron chi connectivity index (χ0n) is 9.32. The van der Waals surface area contributed by atoms with E-state index in [0.717, 1.165) is 23.7 Å². The van der Waals surface area contributed by atoms with Gasteiger partial charge in [-0.3, -0.25) is 0 Å². The molecule has 0 aliphatic heterocycles. The molecule has 4 nitrogen and oxygen atoms in total. The second-order valence-electron chi connectivity index (χ2n) is 4.02. The summed E-state index contributed by atoms with van der Waals surface area (Å²) >= 11 is 1.31. The van der Waals surface area contributed by atoms with Gasteiger partial charge >= 0.3 is 5.97 Å². The van der Waals surface area contributed by atoms with Crippen LogP contribution in [0, 0.1) is 0 Å². The molecule has 2 rings (SSSR count). The van der Waals surface area contributed by atoms with Crippen LogP contribution in [0.1, 0.15) is 40.1 Å². The Bertz CT molecular complexity index is 385. The van der Waals surface area contributed by atoms with Crippen LogP contribution < -0.4 is 5.32 Å². The van der Waals surface area contributed by atoms with Gasteiger partial charge in [-0.2, -0.15) is 0 Å². The maximum atomic E-state index is 10.9. The van der Waals surface area contributed by atoms with Crippen LogP contribution in [-0.4, -0.2) is 28.6 Å². The van der Waals surface area contributed by atoms with E-state index in [9.17, 15) is 4.79 Å².